The van der Waals surface area contributed by atoms with Gasteiger partial charge in [-0.2, -0.15) is 0 Å². The molecule has 1 N–H and O–H groups in total. The van der Waals surface area contributed by atoms with Gasteiger partial charge in [0.2, 0.25) is 11.8 Å². The lowest BCUT2D eigenvalue weighted by Gasteiger charge is -2.28. The number of rotatable bonds is 2. The molecule has 5 nitrogen and oxygen atoms in total. The third-order valence-electron chi connectivity index (χ3n) is 5.31. The molecule has 1 saturated heterocycles. The molecule has 3 aliphatic rings. The van der Waals surface area contributed by atoms with Crippen molar-refractivity contribution in [2.24, 2.45) is 17.3 Å². The fourth-order valence-corrected chi connectivity index (χ4v) is 4.00. The van der Waals surface area contributed by atoms with Gasteiger partial charge in [0.25, 0.3) is 0 Å². The molecule has 6 heteroatoms. The van der Waals surface area contributed by atoms with E-state index in [2.05, 4.69) is 5.32 Å². The molecular formula is C17H14FNO4. The van der Waals surface area contributed by atoms with E-state index in [1.54, 1.807) is 0 Å². The summed E-state index contributed by atoms with van der Waals surface area (Å²) in [5.41, 5.74) is -0.879. The Labute approximate surface area is 131 Å². The number of halogens is 1. The minimum absolute atomic E-state index is 0.112. The molecule has 2 aliphatic carbocycles. The van der Waals surface area contributed by atoms with Crippen molar-refractivity contribution < 1.29 is 23.6 Å². The van der Waals surface area contributed by atoms with Gasteiger partial charge in [-0.15, -0.1) is 0 Å². The molecule has 1 aromatic rings. The molecule has 2 unspecified atom stereocenters. The maximum atomic E-state index is 13.9. The summed E-state index contributed by atoms with van der Waals surface area (Å²) < 4.78 is 13.9. The standard InChI is InChI=1S/C17H14FNO4/c18-11-3-1-2-9-13(11)14(21)10-7-17(10,15(9)22)6-8-4-5-12(20)19-16(8)23/h1-3,8,10H,4-7H2,(H,19,20,23)/t8?,10?,17-/m1/s1. The molecule has 1 aromatic carbocycles. The number of Topliss-reactive ketones (excluding diaryl/α,β-unsaturated/α-hetero) is 2. The second kappa shape index (κ2) is 4.57. The van der Waals surface area contributed by atoms with Crippen molar-refractivity contribution in [2.45, 2.75) is 25.7 Å². The van der Waals surface area contributed by atoms with Crippen LogP contribution in [0.4, 0.5) is 4.39 Å². The Bertz CT molecular complexity index is 787. The van der Waals surface area contributed by atoms with Gasteiger partial charge in [-0.25, -0.2) is 4.39 Å². The Balaban J connectivity index is 1.67. The average molecular weight is 315 g/mol. The highest BCUT2D eigenvalue weighted by Gasteiger charge is 2.67. The number of benzene rings is 1. The van der Waals surface area contributed by atoms with E-state index in [0.717, 1.165) is 0 Å². The molecule has 1 aliphatic heterocycles. The lowest BCUT2D eigenvalue weighted by molar-refractivity contribution is -0.136. The summed E-state index contributed by atoms with van der Waals surface area (Å²) in [6.45, 7) is 0. The number of fused-ring (bicyclic) bond motifs is 2. The number of ketones is 2. The number of imide groups is 1. The van der Waals surface area contributed by atoms with Gasteiger partial charge in [-0.1, -0.05) is 12.1 Å². The van der Waals surface area contributed by atoms with Crippen molar-refractivity contribution in [1.82, 2.24) is 5.32 Å². The number of hydrogen-bond donors (Lipinski definition) is 1. The predicted molar refractivity (Wildman–Crippen MR) is 76.1 cm³/mol. The van der Waals surface area contributed by atoms with E-state index in [1.165, 1.54) is 18.2 Å². The Kier molecular flexibility index (Phi) is 2.83. The van der Waals surface area contributed by atoms with Crippen LogP contribution in [0.15, 0.2) is 18.2 Å². The maximum Gasteiger partial charge on any atom is 0.229 e. The third kappa shape index (κ3) is 1.90. The van der Waals surface area contributed by atoms with Crippen molar-refractivity contribution in [3.63, 3.8) is 0 Å². The van der Waals surface area contributed by atoms with Gasteiger partial charge in [0.1, 0.15) is 5.82 Å². The number of carbonyl (C=O) groups is 4. The highest BCUT2D eigenvalue weighted by molar-refractivity contribution is 6.21. The molecule has 1 saturated carbocycles. The van der Waals surface area contributed by atoms with Gasteiger partial charge in [-0.05, 0) is 25.3 Å². The van der Waals surface area contributed by atoms with Crippen molar-refractivity contribution in [3.05, 3.63) is 35.1 Å². The summed E-state index contributed by atoms with van der Waals surface area (Å²) in [5.74, 6) is -2.94. The molecular weight excluding hydrogens is 301 g/mol. The first-order valence-corrected chi connectivity index (χ1v) is 7.65. The first-order chi connectivity index (χ1) is 10.9. The third-order valence-corrected chi connectivity index (χ3v) is 5.31. The molecule has 3 atom stereocenters. The van der Waals surface area contributed by atoms with E-state index < -0.39 is 23.1 Å². The van der Waals surface area contributed by atoms with Crippen LogP contribution in [-0.4, -0.2) is 23.4 Å². The van der Waals surface area contributed by atoms with E-state index in [0.29, 0.717) is 12.8 Å². The Morgan fingerprint density at radius 3 is 2.74 bits per heavy atom. The molecule has 2 fully saturated rings. The summed E-state index contributed by atoms with van der Waals surface area (Å²) in [4.78, 5) is 48.4. The molecule has 0 aromatic heterocycles. The fourth-order valence-electron chi connectivity index (χ4n) is 4.00. The first kappa shape index (κ1) is 14.2. The maximum absolute atomic E-state index is 13.9. The average Bonchev–Trinajstić information content (AvgIpc) is 3.24. The summed E-state index contributed by atoms with van der Waals surface area (Å²) in [6.07, 6.45) is 1.23. The van der Waals surface area contributed by atoms with E-state index in [-0.39, 0.29) is 47.3 Å². The summed E-state index contributed by atoms with van der Waals surface area (Å²) in [5, 5.41) is 2.27. The van der Waals surface area contributed by atoms with E-state index >= 15 is 0 Å². The summed E-state index contributed by atoms with van der Waals surface area (Å²) in [6, 6.07) is 4.07. The van der Waals surface area contributed by atoms with E-state index in [4.69, 9.17) is 0 Å². The minimum Gasteiger partial charge on any atom is -0.296 e. The Hall–Kier alpha value is -2.37. The molecule has 2 amide bonds. The van der Waals surface area contributed by atoms with Gasteiger partial charge in [0.05, 0.1) is 5.56 Å². The summed E-state index contributed by atoms with van der Waals surface area (Å²) >= 11 is 0. The van der Waals surface area contributed by atoms with Gasteiger partial charge in [0.15, 0.2) is 11.6 Å². The van der Waals surface area contributed by atoms with Gasteiger partial charge in [-0.3, -0.25) is 24.5 Å². The van der Waals surface area contributed by atoms with Gasteiger partial charge < -0.3 is 0 Å². The van der Waals surface area contributed by atoms with Crippen molar-refractivity contribution in [3.8, 4) is 0 Å². The van der Waals surface area contributed by atoms with Crippen molar-refractivity contribution in [1.29, 1.82) is 0 Å². The topological polar surface area (TPSA) is 80.3 Å². The number of nitrogens with one attached hydrogen (secondary N) is 1. The number of piperidine rings is 1. The van der Waals surface area contributed by atoms with Crippen LogP contribution < -0.4 is 5.32 Å². The molecule has 1 heterocycles. The van der Waals surface area contributed by atoms with Crippen LogP contribution in [0.25, 0.3) is 0 Å². The van der Waals surface area contributed by atoms with Crippen LogP contribution in [-0.2, 0) is 9.59 Å². The van der Waals surface area contributed by atoms with E-state index in [9.17, 15) is 23.6 Å². The number of carbonyl (C=O) groups excluding carboxylic acids is 4. The SMILES string of the molecule is O=C1CCC(C[C@@]23CC2C(=O)c2c(F)cccc2C3=O)C(=O)N1. The van der Waals surface area contributed by atoms with Gasteiger partial charge >= 0.3 is 0 Å². The smallest absolute Gasteiger partial charge is 0.229 e. The largest absolute Gasteiger partial charge is 0.296 e. The zero-order valence-corrected chi connectivity index (χ0v) is 12.2. The molecule has 4 rings (SSSR count). The van der Waals surface area contributed by atoms with Crippen LogP contribution in [0.5, 0.6) is 0 Å². The van der Waals surface area contributed by atoms with Crippen LogP contribution in [0.2, 0.25) is 0 Å². The normalized spacial score (nSPS) is 32.2. The van der Waals surface area contributed by atoms with Crippen LogP contribution in [0.3, 0.4) is 0 Å². The second-order valence-electron chi connectivity index (χ2n) is 6.62. The number of amides is 2. The highest BCUT2D eigenvalue weighted by Crippen LogP contribution is 2.63. The second-order valence-corrected chi connectivity index (χ2v) is 6.62. The zero-order valence-electron chi connectivity index (χ0n) is 12.2. The summed E-state index contributed by atoms with van der Waals surface area (Å²) in [7, 11) is 0. The Morgan fingerprint density at radius 2 is 2.00 bits per heavy atom. The van der Waals surface area contributed by atoms with Crippen LogP contribution in [0.1, 0.15) is 46.4 Å². The monoisotopic (exact) mass is 315 g/mol. The minimum atomic E-state index is -0.889. The lowest BCUT2D eigenvalue weighted by Crippen LogP contribution is -2.43. The van der Waals surface area contributed by atoms with Crippen LogP contribution >= 0.6 is 0 Å². The molecule has 23 heavy (non-hydrogen) atoms. The lowest BCUT2D eigenvalue weighted by atomic mass is 9.75. The van der Waals surface area contributed by atoms with Crippen molar-refractivity contribution in [2.75, 3.05) is 0 Å². The highest BCUT2D eigenvalue weighted by atomic mass is 19.1. The molecule has 0 radical (unpaired) electrons. The Morgan fingerprint density at radius 1 is 1.22 bits per heavy atom. The van der Waals surface area contributed by atoms with Crippen LogP contribution in [0, 0.1) is 23.1 Å². The quantitative estimate of drug-likeness (QED) is 0.842. The molecule has 0 bridgehead atoms. The zero-order chi connectivity index (χ0) is 16.4. The predicted octanol–water partition coefficient (Wildman–Crippen LogP) is 1.65. The first-order valence-electron chi connectivity index (χ1n) is 7.65. The van der Waals surface area contributed by atoms with Gasteiger partial charge in [0, 0.05) is 29.2 Å². The fraction of sp³-hybridized carbons (Fsp3) is 0.412. The molecule has 118 valence electrons. The number of hydrogen-bond acceptors (Lipinski definition) is 4. The van der Waals surface area contributed by atoms with E-state index in [1.807, 2.05) is 0 Å². The van der Waals surface area contributed by atoms with Crippen molar-refractivity contribution >= 4 is 23.4 Å². The molecule has 0 spiro atoms.